The number of hydrogen-bond acceptors (Lipinski definition) is 6. The van der Waals surface area contributed by atoms with Crippen LogP contribution in [-0.4, -0.2) is 27.4 Å². The largest absolute Gasteiger partial charge is 0.445 e. The highest BCUT2D eigenvalue weighted by atomic mass is 32.1. The van der Waals surface area contributed by atoms with E-state index in [1.54, 1.807) is 44.6 Å². The zero-order chi connectivity index (χ0) is 23.6. The predicted molar refractivity (Wildman–Crippen MR) is 134 cm³/mol. The topological polar surface area (TPSA) is 61.8 Å². The van der Waals surface area contributed by atoms with Crippen LogP contribution < -0.4 is 5.63 Å². The normalized spacial score (nSPS) is 9.31. The van der Waals surface area contributed by atoms with Crippen molar-refractivity contribution in [1.29, 1.82) is 0 Å². The fourth-order valence-electron chi connectivity index (χ4n) is 2.26. The van der Waals surface area contributed by atoms with Crippen LogP contribution in [0.4, 0.5) is 0 Å². The molecule has 2 aromatic heterocycles. The van der Waals surface area contributed by atoms with Crippen LogP contribution in [0, 0.1) is 4.71 Å². The molecule has 2 heterocycles. The van der Waals surface area contributed by atoms with E-state index in [9.17, 15) is 4.79 Å². The molecule has 5 nitrogen and oxygen atoms in total. The number of hydrogen-bond donors (Lipinski definition) is 0. The molecule has 0 aliphatic rings. The van der Waals surface area contributed by atoms with Crippen molar-refractivity contribution in [3.63, 3.8) is 0 Å². The number of fused-ring (bicyclic) bond motifs is 2. The van der Waals surface area contributed by atoms with Gasteiger partial charge in [-0.2, -0.15) is 0 Å². The van der Waals surface area contributed by atoms with Crippen molar-refractivity contribution in [1.82, 2.24) is 0 Å². The van der Waals surface area contributed by atoms with Crippen LogP contribution in [0.5, 0.6) is 0 Å². The molecule has 0 fully saturated rings. The SMILES string of the molecule is C=CCOC.C=CCOC.O=c1ccc2ccccc2o1.S=c1ccc2ccccc2o1. The van der Waals surface area contributed by atoms with E-state index < -0.39 is 0 Å². The van der Waals surface area contributed by atoms with Gasteiger partial charge in [-0.3, -0.25) is 0 Å². The monoisotopic (exact) mass is 452 g/mol. The third kappa shape index (κ3) is 10.6. The fourth-order valence-corrected chi connectivity index (χ4v) is 2.42. The first-order chi connectivity index (χ1) is 15.5. The minimum atomic E-state index is -0.302. The molecule has 32 heavy (non-hydrogen) atoms. The fraction of sp³-hybridized carbons (Fsp3) is 0.154. The molecule has 0 unspecified atom stereocenters. The average Bonchev–Trinajstić information content (AvgIpc) is 2.81. The molecular formula is C26H28O5S. The Morgan fingerprint density at radius 2 is 1.22 bits per heavy atom. The molecule has 0 N–H and O–H groups in total. The van der Waals surface area contributed by atoms with E-state index in [4.69, 9.17) is 21.1 Å². The Kier molecular flexibility index (Phi) is 13.7. The van der Waals surface area contributed by atoms with E-state index in [2.05, 4.69) is 22.6 Å². The minimum absolute atomic E-state index is 0.302. The molecule has 0 aliphatic heterocycles. The van der Waals surface area contributed by atoms with Gasteiger partial charge in [-0.05, 0) is 42.5 Å². The summed E-state index contributed by atoms with van der Waals surface area (Å²) >= 11 is 4.87. The van der Waals surface area contributed by atoms with Crippen molar-refractivity contribution < 1.29 is 18.3 Å². The average molecular weight is 453 g/mol. The van der Waals surface area contributed by atoms with Crippen LogP contribution in [0.1, 0.15) is 0 Å². The van der Waals surface area contributed by atoms with Gasteiger partial charge in [-0.25, -0.2) is 4.79 Å². The Labute approximate surface area is 193 Å². The Bertz CT molecular complexity index is 1100. The van der Waals surface area contributed by atoms with Gasteiger partial charge in [0.1, 0.15) is 11.2 Å². The maximum atomic E-state index is 10.7. The van der Waals surface area contributed by atoms with Crippen molar-refractivity contribution >= 4 is 34.2 Å². The third-order valence-corrected chi connectivity index (χ3v) is 3.85. The maximum absolute atomic E-state index is 10.7. The van der Waals surface area contributed by atoms with Crippen molar-refractivity contribution in [2.75, 3.05) is 27.4 Å². The zero-order valence-electron chi connectivity index (χ0n) is 18.4. The molecule has 0 saturated carbocycles. The van der Waals surface area contributed by atoms with Crippen LogP contribution in [0.2, 0.25) is 0 Å². The lowest BCUT2D eigenvalue weighted by Crippen LogP contribution is -1.93. The van der Waals surface area contributed by atoms with Crippen molar-refractivity contribution in [2.24, 2.45) is 0 Å². The molecule has 2 aromatic carbocycles. The van der Waals surface area contributed by atoms with Crippen LogP contribution >= 0.6 is 12.2 Å². The Morgan fingerprint density at radius 3 is 1.69 bits per heavy atom. The molecule has 168 valence electrons. The maximum Gasteiger partial charge on any atom is 0.336 e. The summed E-state index contributed by atoms with van der Waals surface area (Å²) in [6.07, 6.45) is 3.42. The van der Waals surface area contributed by atoms with E-state index in [1.165, 1.54) is 6.07 Å². The van der Waals surface area contributed by atoms with Crippen molar-refractivity contribution in [3.8, 4) is 0 Å². The summed E-state index contributed by atoms with van der Waals surface area (Å²) in [5, 5.41) is 2.04. The van der Waals surface area contributed by atoms with Gasteiger partial charge in [0.15, 0.2) is 4.71 Å². The van der Waals surface area contributed by atoms with E-state index in [-0.39, 0.29) is 5.63 Å². The number of rotatable bonds is 4. The number of para-hydroxylation sites is 2. The van der Waals surface area contributed by atoms with E-state index >= 15 is 0 Å². The molecule has 0 bridgehead atoms. The van der Waals surface area contributed by atoms with E-state index in [1.807, 2.05) is 48.5 Å². The van der Waals surface area contributed by atoms with Gasteiger partial charge in [0.25, 0.3) is 0 Å². The highest BCUT2D eigenvalue weighted by Gasteiger charge is 1.92. The summed E-state index contributed by atoms with van der Waals surface area (Å²) in [6.45, 7) is 8.16. The van der Waals surface area contributed by atoms with Gasteiger partial charge < -0.3 is 18.3 Å². The van der Waals surface area contributed by atoms with Crippen LogP contribution in [0.15, 0.2) is 112 Å². The van der Waals surface area contributed by atoms with Gasteiger partial charge in [-0.15, -0.1) is 13.2 Å². The molecule has 0 atom stereocenters. The van der Waals surface area contributed by atoms with Gasteiger partial charge in [-0.1, -0.05) is 48.6 Å². The molecule has 0 spiro atoms. The summed E-state index contributed by atoms with van der Waals surface area (Å²) in [4.78, 5) is 10.7. The van der Waals surface area contributed by atoms with E-state index in [0.717, 1.165) is 16.4 Å². The highest BCUT2D eigenvalue weighted by molar-refractivity contribution is 7.71. The molecule has 6 heteroatoms. The standard InChI is InChI=1S/C9H6O2.C9H6OS.2C4H8O/c10-9-6-5-7-3-1-2-4-8(7)11-9;11-9-6-5-7-3-1-2-4-8(7)10-9;2*1-3-4-5-2/h2*1-6H;2*3H,1,4H2,2H3. The smallest absolute Gasteiger partial charge is 0.336 e. The first-order valence-electron chi connectivity index (χ1n) is 9.73. The summed E-state index contributed by atoms with van der Waals surface area (Å²) in [7, 11) is 3.28. The number of benzene rings is 2. The Hall–Kier alpha value is -3.32. The van der Waals surface area contributed by atoms with Crippen molar-refractivity contribution in [2.45, 2.75) is 0 Å². The Morgan fingerprint density at radius 1 is 0.750 bits per heavy atom. The molecular weight excluding hydrogens is 424 g/mol. The summed E-state index contributed by atoms with van der Waals surface area (Å²) in [5.41, 5.74) is 1.18. The lowest BCUT2D eigenvalue weighted by atomic mass is 10.2. The lowest BCUT2D eigenvalue weighted by molar-refractivity contribution is 0.234. The first kappa shape index (κ1) is 26.7. The molecule has 0 aliphatic carbocycles. The van der Waals surface area contributed by atoms with Crippen molar-refractivity contribution in [3.05, 3.63) is 113 Å². The number of ether oxygens (including phenoxy) is 2. The zero-order valence-corrected chi connectivity index (χ0v) is 19.2. The quantitative estimate of drug-likeness (QED) is 0.198. The molecule has 0 radical (unpaired) electrons. The summed E-state index contributed by atoms with van der Waals surface area (Å²) in [6, 6.07) is 22.1. The van der Waals surface area contributed by atoms with Crippen LogP contribution in [0.3, 0.4) is 0 Å². The van der Waals surface area contributed by atoms with Gasteiger partial charge in [0, 0.05) is 31.1 Å². The minimum Gasteiger partial charge on any atom is -0.445 e. The Balaban J connectivity index is 0.000000230. The van der Waals surface area contributed by atoms with Crippen LogP contribution in [0.25, 0.3) is 21.9 Å². The summed E-state index contributed by atoms with van der Waals surface area (Å²) < 4.78 is 19.9. The van der Waals surface area contributed by atoms with Crippen LogP contribution in [-0.2, 0) is 9.47 Å². The highest BCUT2D eigenvalue weighted by Crippen LogP contribution is 2.12. The molecule has 0 saturated heterocycles. The van der Waals surface area contributed by atoms with Gasteiger partial charge >= 0.3 is 5.63 Å². The van der Waals surface area contributed by atoms with Gasteiger partial charge in [0.05, 0.1) is 13.2 Å². The molecule has 4 rings (SSSR count). The lowest BCUT2D eigenvalue weighted by Gasteiger charge is -1.92. The summed E-state index contributed by atoms with van der Waals surface area (Å²) in [5.74, 6) is 0. The predicted octanol–water partition coefficient (Wildman–Crippen LogP) is 6.59. The second kappa shape index (κ2) is 16.4. The van der Waals surface area contributed by atoms with Gasteiger partial charge in [0.2, 0.25) is 0 Å². The second-order valence-electron chi connectivity index (χ2n) is 6.07. The molecule has 0 amide bonds. The molecule has 4 aromatic rings. The third-order valence-electron chi connectivity index (χ3n) is 3.63. The number of methoxy groups -OCH3 is 2. The first-order valence-corrected chi connectivity index (χ1v) is 10.1. The second-order valence-corrected chi connectivity index (χ2v) is 6.47. The van der Waals surface area contributed by atoms with E-state index in [0.29, 0.717) is 23.5 Å².